The maximum absolute atomic E-state index is 12.6. The Bertz CT molecular complexity index is 617. The maximum Gasteiger partial charge on any atom is 0.257 e. The van der Waals surface area contributed by atoms with Crippen LogP contribution in [0.15, 0.2) is 24.3 Å². The van der Waals surface area contributed by atoms with Gasteiger partial charge in [-0.2, -0.15) is 0 Å². The van der Waals surface area contributed by atoms with Crippen LogP contribution in [-0.2, 0) is 4.79 Å². The molecule has 2 atom stereocenters. The zero-order chi connectivity index (χ0) is 17.1. The van der Waals surface area contributed by atoms with Gasteiger partial charge in [0.15, 0.2) is 0 Å². The normalized spacial score (nSPS) is 23.7. The van der Waals surface area contributed by atoms with E-state index >= 15 is 0 Å². The molecule has 2 amide bonds. The Kier molecular flexibility index (Phi) is 6.67. The number of rotatable bonds is 2. The molecule has 0 bridgehead atoms. The number of nitrogens with two attached hydrogens (primary N) is 1. The summed E-state index contributed by atoms with van der Waals surface area (Å²) in [6.45, 7) is 2.09. The molecule has 1 aliphatic heterocycles. The van der Waals surface area contributed by atoms with Crippen molar-refractivity contribution in [2.75, 3.05) is 26.2 Å². The van der Waals surface area contributed by atoms with Crippen molar-refractivity contribution in [3.8, 4) is 5.75 Å². The number of piperazine rings is 1. The highest BCUT2D eigenvalue weighted by Gasteiger charge is 2.32. The number of carbonyl (C=O) groups is 2. The molecule has 1 saturated heterocycles. The van der Waals surface area contributed by atoms with Crippen LogP contribution in [0, 0.1) is 5.92 Å². The van der Waals surface area contributed by atoms with Crippen LogP contribution in [0.3, 0.4) is 0 Å². The quantitative estimate of drug-likeness (QED) is 0.831. The summed E-state index contributed by atoms with van der Waals surface area (Å²) in [4.78, 5) is 28.7. The highest BCUT2D eigenvalue weighted by atomic mass is 35.5. The van der Waals surface area contributed by atoms with Crippen molar-refractivity contribution in [1.82, 2.24) is 9.80 Å². The van der Waals surface area contributed by atoms with Gasteiger partial charge in [0.05, 0.1) is 5.56 Å². The molecule has 1 saturated carbocycles. The van der Waals surface area contributed by atoms with Gasteiger partial charge >= 0.3 is 0 Å². The topological polar surface area (TPSA) is 86.9 Å². The largest absolute Gasteiger partial charge is 0.507 e. The van der Waals surface area contributed by atoms with Gasteiger partial charge < -0.3 is 20.6 Å². The molecule has 1 aromatic rings. The van der Waals surface area contributed by atoms with E-state index in [1.165, 1.54) is 6.07 Å². The molecular formula is C18H26ClN3O3. The lowest BCUT2D eigenvalue weighted by molar-refractivity contribution is -0.138. The predicted molar refractivity (Wildman–Crippen MR) is 97.8 cm³/mol. The molecule has 138 valence electrons. The number of aromatic hydroxyl groups is 1. The Morgan fingerprint density at radius 3 is 2.32 bits per heavy atom. The number of phenols is 1. The molecule has 1 aliphatic carbocycles. The second kappa shape index (κ2) is 8.54. The number of hydrogen-bond acceptors (Lipinski definition) is 4. The van der Waals surface area contributed by atoms with Gasteiger partial charge in [-0.1, -0.05) is 18.6 Å². The Morgan fingerprint density at radius 2 is 1.68 bits per heavy atom. The van der Waals surface area contributed by atoms with Gasteiger partial charge in [0.1, 0.15) is 5.75 Å². The first-order valence-corrected chi connectivity index (χ1v) is 8.68. The van der Waals surface area contributed by atoms with Crippen LogP contribution in [0.1, 0.15) is 36.0 Å². The summed E-state index contributed by atoms with van der Waals surface area (Å²) in [6.07, 6.45) is 3.72. The summed E-state index contributed by atoms with van der Waals surface area (Å²) in [5.74, 6) is 0.0334. The molecular weight excluding hydrogens is 342 g/mol. The van der Waals surface area contributed by atoms with E-state index < -0.39 is 0 Å². The van der Waals surface area contributed by atoms with Gasteiger partial charge in [0.25, 0.3) is 5.91 Å². The minimum absolute atomic E-state index is 0. The number of nitrogens with zero attached hydrogens (tertiary/aromatic N) is 2. The van der Waals surface area contributed by atoms with Crippen LogP contribution < -0.4 is 5.73 Å². The molecule has 0 spiro atoms. The van der Waals surface area contributed by atoms with Crippen LogP contribution in [0.25, 0.3) is 0 Å². The van der Waals surface area contributed by atoms with E-state index in [1.54, 1.807) is 23.1 Å². The molecule has 3 rings (SSSR count). The number of benzene rings is 1. The van der Waals surface area contributed by atoms with E-state index in [0.29, 0.717) is 31.7 Å². The minimum Gasteiger partial charge on any atom is -0.507 e. The number of halogens is 1. The van der Waals surface area contributed by atoms with Gasteiger partial charge in [-0.15, -0.1) is 12.4 Å². The summed E-state index contributed by atoms with van der Waals surface area (Å²) in [6, 6.07) is 6.70. The number of amides is 2. The Morgan fingerprint density at radius 1 is 1.04 bits per heavy atom. The third-order valence-corrected chi connectivity index (χ3v) is 5.08. The van der Waals surface area contributed by atoms with Crippen LogP contribution in [0.4, 0.5) is 0 Å². The molecule has 6 nitrogen and oxygen atoms in total. The fourth-order valence-corrected chi connectivity index (χ4v) is 3.66. The SMILES string of the molecule is Cl.NC1CCCC(C(=O)N2CCN(C(=O)c3ccccc3O)CC2)C1. The van der Waals surface area contributed by atoms with Crippen molar-refractivity contribution in [2.45, 2.75) is 31.7 Å². The van der Waals surface area contributed by atoms with E-state index in [1.807, 2.05) is 4.90 Å². The van der Waals surface area contributed by atoms with Crippen molar-refractivity contribution < 1.29 is 14.7 Å². The van der Waals surface area contributed by atoms with Crippen molar-refractivity contribution in [2.24, 2.45) is 11.7 Å². The standard InChI is InChI=1S/C18H25N3O3.ClH/c19-14-5-3-4-13(12-14)17(23)20-8-10-21(11-9-20)18(24)15-6-1-2-7-16(15)22;/h1-2,6-7,13-14,22H,3-5,8-12,19H2;1H. The summed E-state index contributed by atoms with van der Waals surface area (Å²) in [5, 5.41) is 9.82. The highest BCUT2D eigenvalue weighted by Crippen LogP contribution is 2.26. The van der Waals surface area contributed by atoms with Gasteiger partial charge in [-0.25, -0.2) is 0 Å². The van der Waals surface area contributed by atoms with Gasteiger partial charge in [0.2, 0.25) is 5.91 Å². The van der Waals surface area contributed by atoms with E-state index in [9.17, 15) is 14.7 Å². The molecule has 0 radical (unpaired) electrons. The van der Waals surface area contributed by atoms with Crippen LogP contribution in [-0.4, -0.2) is 58.9 Å². The average Bonchev–Trinajstić information content (AvgIpc) is 2.61. The van der Waals surface area contributed by atoms with Crippen molar-refractivity contribution >= 4 is 24.2 Å². The van der Waals surface area contributed by atoms with Crippen molar-refractivity contribution in [3.63, 3.8) is 0 Å². The van der Waals surface area contributed by atoms with Crippen LogP contribution in [0.5, 0.6) is 5.75 Å². The molecule has 0 aromatic heterocycles. The summed E-state index contributed by atoms with van der Waals surface area (Å²) < 4.78 is 0. The monoisotopic (exact) mass is 367 g/mol. The summed E-state index contributed by atoms with van der Waals surface area (Å²) >= 11 is 0. The Hall–Kier alpha value is -1.79. The molecule has 1 aromatic carbocycles. The zero-order valence-corrected chi connectivity index (χ0v) is 15.1. The number of phenolic OH excluding ortho intramolecular Hbond substituents is 1. The van der Waals surface area contributed by atoms with Gasteiger partial charge in [-0.3, -0.25) is 9.59 Å². The van der Waals surface area contributed by atoms with E-state index in [4.69, 9.17) is 5.73 Å². The van der Waals surface area contributed by atoms with Crippen LogP contribution in [0.2, 0.25) is 0 Å². The molecule has 25 heavy (non-hydrogen) atoms. The first-order valence-electron chi connectivity index (χ1n) is 8.68. The molecule has 3 N–H and O–H groups in total. The smallest absolute Gasteiger partial charge is 0.257 e. The lowest BCUT2D eigenvalue weighted by Crippen LogP contribution is -2.52. The van der Waals surface area contributed by atoms with Gasteiger partial charge in [-0.05, 0) is 31.4 Å². The molecule has 2 unspecified atom stereocenters. The second-order valence-corrected chi connectivity index (χ2v) is 6.76. The van der Waals surface area contributed by atoms with E-state index in [0.717, 1.165) is 25.7 Å². The zero-order valence-electron chi connectivity index (χ0n) is 14.3. The number of carbonyl (C=O) groups excluding carboxylic acids is 2. The third kappa shape index (κ3) is 4.44. The number of para-hydroxylation sites is 1. The Balaban J connectivity index is 0.00000225. The Labute approximate surface area is 154 Å². The van der Waals surface area contributed by atoms with Gasteiger partial charge in [0, 0.05) is 38.1 Å². The van der Waals surface area contributed by atoms with E-state index in [-0.39, 0.29) is 41.9 Å². The molecule has 2 fully saturated rings. The first kappa shape index (κ1) is 19.5. The third-order valence-electron chi connectivity index (χ3n) is 5.08. The highest BCUT2D eigenvalue weighted by molar-refractivity contribution is 5.97. The molecule has 2 aliphatic rings. The fourth-order valence-electron chi connectivity index (χ4n) is 3.66. The molecule has 7 heteroatoms. The van der Waals surface area contributed by atoms with Crippen molar-refractivity contribution in [1.29, 1.82) is 0 Å². The molecule has 1 heterocycles. The van der Waals surface area contributed by atoms with E-state index in [2.05, 4.69) is 0 Å². The maximum atomic E-state index is 12.6. The summed E-state index contributed by atoms with van der Waals surface area (Å²) in [7, 11) is 0. The minimum atomic E-state index is -0.181. The number of hydrogen-bond donors (Lipinski definition) is 2. The second-order valence-electron chi connectivity index (χ2n) is 6.76. The van der Waals surface area contributed by atoms with Crippen molar-refractivity contribution in [3.05, 3.63) is 29.8 Å². The lowest BCUT2D eigenvalue weighted by atomic mass is 9.85. The predicted octanol–water partition coefficient (Wildman–Crippen LogP) is 1.62. The first-order chi connectivity index (χ1) is 11.6. The summed E-state index contributed by atoms with van der Waals surface area (Å²) in [5.41, 5.74) is 6.30. The average molecular weight is 368 g/mol. The fraction of sp³-hybridized carbons (Fsp3) is 0.556. The lowest BCUT2D eigenvalue weighted by Gasteiger charge is -2.37. The van der Waals surface area contributed by atoms with Crippen LogP contribution >= 0.6 is 12.4 Å².